The van der Waals surface area contributed by atoms with Crippen molar-refractivity contribution in [1.29, 1.82) is 0 Å². The lowest BCUT2D eigenvalue weighted by Gasteiger charge is -2.01. The zero-order valence-electron chi connectivity index (χ0n) is 8.71. The summed E-state index contributed by atoms with van der Waals surface area (Å²) in [7, 11) is 0. The first-order valence-electron chi connectivity index (χ1n) is 4.93. The summed E-state index contributed by atoms with van der Waals surface area (Å²) in [5.74, 6) is 1.45. The molecule has 0 amide bonds. The lowest BCUT2D eigenvalue weighted by Crippen LogP contribution is -1.95. The van der Waals surface area contributed by atoms with Gasteiger partial charge in [-0.1, -0.05) is 5.16 Å². The maximum Gasteiger partial charge on any atom is 0.240 e. The van der Waals surface area contributed by atoms with Crippen LogP contribution in [0.1, 0.15) is 5.89 Å². The molecule has 1 aliphatic heterocycles. The van der Waals surface area contributed by atoms with E-state index in [-0.39, 0.29) is 19.1 Å². The van der Waals surface area contributed by atoms with Crippen LogP contribution in [0.2, 0.25) is 0 Å². The molecule has 7 nitrogen and oxygen atoms in total. The predicted molar refractivity (Wildman–Crippen MR) is 55.4 cm³/mol. The third kappa shape index (κ3) is 1.56. The Labute approximate surface area is 95.8 Å². The molecule has 88 valence electrons. The number of hydrogen-bond acceptors (Lipinski definition) is 7. The van der Waals surface area contributed by atoms with Crippen LogP contribution in [-0.4, -0.2) is 22.0 Å². The molecule has 1 aliphatic rings. The Morgan fingerprint density at radius 2 is 2.24 bits per heavy atom. The summed E-state index contributed by atoms with van der Waals surface area (Å²) < 4.78 is 15.2. The van der Waals surface area contributed by atoms with Crippen LogP contribution in [-0.2, 0) is 6.54 Å². The second-order valence-corrected chi connectivity index (χ2v) is 3.45. The maximum absolute atomic E-state index is 9.72. The van der Waals surface area contributed by atoms with E-state index in [2.05, 4.69) is 10.1 Å². The van der Waals surface area contributed by atoms with E-state index < -0.39 is 0 Å². The van der Waals surface area contributed by atoms with Crippen molar-refractivity contribution in [3.63, 3.8) is 0 Å². The van der Waals surface area contributed by atoms with Crippen molar-refractivity contribution in [1.82, 2.24) is 10.1 Å². The second kappa shape index (κ2) is 3.63. The molecule has 0 bridgehead atoms. The molecule has 3 N–H and O–H groups in total. The smallest absolute Gasteiger partial charge is 0.240 e. The van der Waals surface area contributed by atoms with Gasteiger partial charge in [-0.2, -0.15) is 4.98 Å². The van der Waals surface area contributed by atoms with Crippen molar-refractivity contribution >= 4 is 0 Å². The number of nitrogens with two attached hydrogens (primary N) is 1. The molecular weight excluding hydrogens is 226 g/mol. The van der Waals surface area contributed by atoms with Crippen LogP contribution in [0.5, 0.6) is 17.2 Å². The Kier molecular flexibility index (Phi) is 2.12. The number of nitrogens with zero attached hydrogens (tertiary/aromatic N) is 2. The normalized spacial score (nSPS) is 13.0. The summed E-state index contributed by atoms with van der Waals surface area (Å²) >= 11 is 0. The summed E-state index contributed by atoms with van der Waals surface area (Å²) in [6.07, 6.45) is 0. The van der Waals surface area contributed by atoms with Gasteiger partial charge in [0.15, 0.2) is 11.5 Å². The molecule has 0 atom stereocenters. The number of phenolic OH excluding ortho intramolecular Hbond substituents is 1. The SMILES string of the molecule is NCc1nc(-c2cc(O)c3c(c2)OCO3)no1. The lowest BCUT2D eigenvalue weighted by atomic mass is 10.2. The van der Waals surface area contributed by atoms with Crippen molar-refractivity contribution in [3.05, 3.63) is 18.0 Å². The first-order chi connectivity index (χ1) is 8.28. The van der Waals surface area contributed by atoms with E-state index in [4.69, 9.17) is 19.7 Å². The minimum absolute atomic E-state index is 0.0194. The van der Waals surface area contributed by atoms with Crippen LogP contribution < -0.4 is 15.2 Å². The highest BCUT2D eigenvalue weighted by Crippen LogP contribution is 2.43. The molecule has 1 aromatic heterocycles. The average molecular weight is 235 g/mol. The maximum atomic E-state index is 9.72. The van der Waals surface area contributed by atoms with Crippen molar-refractivity contribution in [2.24, 2.45) is 5.73 Å². The minimum atomic E-state index is -0.0194. The topological polar surface area (TPSA) is 104 Å². The van der Waals surface area contributed by atoms with E-state index in [1.807, 2.05) is 0 Å². The molecule has 0 unspecified atom stereocenters. The number of hydrogen-bond donors (Lipinski definition) is 2. The first-order valence-corrected chi connectivity index (χ1v) is 4.93. The Hall–Kier alpha value is -2.28. The first kappa shape index (κ1) is 9.91. The molecule has 17 heavy (non-hydrogen) atoms. The van der Waals surface area contributed by atoms with E-state index in [1.54, 1.807) is 6.07 Å². The monoisotopic (exact) mass is 235 g/mol. The molecule has 0 saturated heterocycles. The minimum Gasteiger partial charge on any atom is -0.504 e. The van der Waals surface area contributed by atoms with Gasteiger partial charge in [-0.25, -0.2) is 0 Å². The summed E-state index contributed by atoms with van der Waals surface area (Å²) in [4.78, 5) is 4.06. The van der Waals surface area contributed by atoms with Crippen LogP contribution >= 0.6 is 0 Å². The quantitative estimate of drug-likeness (QED) is 0.786. The van der Waals surface area contributed by atoms with Crippen LogP contribution in [0.25, 0.3) is 11.4 Å². The van der Waals surface area contributed by atoms with E-state index in [1.165, 1.54) is 6.07 Å². The highest BCUT2D eigenvalue weighted by Gasteiger charge is 2.21. The van der Waals surface area contributed by atoms with Crippen LogP contribution in [0.3, 0.4) is 0 Å². The van der Waals surface area contributed by atoms with E-state index in [0.717, 1.165) is 0 Å². The molecule has 0 saturated carbocycles. The van der Waals surface area contributed by atoms with Crippen LogP contribution in [0, 0.1) is 0 Å². The molecule has 2 heterocycles. The molecule has 3 rings (SSSR count). The van der Waals surface area contributed by atoms with Gasteiger partial charge in [0.1, 0.15) is 0 Å². The van der Waals surface area contributed by atoms with Gasteiger partial charge < -0.3 is 24.8 Å². The Morgan fingerprint density at radius 1 is 1.35 bits per heavy atom. The molecule has 7 heteroatoms. The zero-order chi connectivity index (χ0) is 11.8. The molecule has 2 aromatic rings. The highest BCUT2D eigenvalue weighted by molar-refractivity contribution is 5.66. The number of aromatic hydroxyl groups is 1. The Balaban J connectivity index is 2.06. The zero-order valence-corrected chi connectivity index (χ0v) is 8.71. The van der Waals surface area contributed by atoms with Crippen molar-refractivity contribution in [2.45, 2.75) is 6.54 Å². The second-order valence-electron chi connectivity index (χ2n) is 3.45. The molecule has 0 spiro atoms. The number of ether oxygens (including phenoxy) is 2. The third-order valence-electron chi connectivity index (χ3n) is 2.35. The van der Waals surface area contributed by atoms with Gasteiger partial charge in [-0.05, 0) is 12.1 Å². The van der Waals surface area contributed by atoms with Gasteiger partial charge in [0.25, 0.3) is 0 Å². The third-order valence-corrected chi connectivity index (χ3v) is 2.35. The van der Waals surface area contributed by atoms with Crippen LogP contribution in [0.15, 0.2) is 16.7 Å². The number of aromatic nitrogens is 2. The van der Waals surface area contributed by atoms with Gasteiger partial charge >= 0.3 is 0 Å². The fourth-order valence-electron chi connectivity index (χ4n) is 1.58. The van der Waals surface area contributed by atoms with E-state index in [9.17, 15) is 5.11 Å². The lowest BCUT2D eigenvalue weighted by molar-refractivity contribution is 0.171. The van der Waals surface area contributed by atoms with Crippen molar-refractivity contribution < 1.29 is 19.1 Å². The van der Waals surface area contributed by atoms with E-state index >= 15 is 0 Å². The van der Waals surface area contributed by atoms with Gasteiger partial charge in [-0.15, -0.1) is 0 Å². The van der Waals surface area contributed by atoms with Gasteiger partial charge in [-0.3, -0.25) is 0 Å². The highest BCUT2D eigenvalue weighted by atomic mass is 16.7. The standard InChI is InChI=1S/C10H9N3O4/c11-3-8-12-10(13-17-8)5-1-6(14)9-7(2-5)15-4-16-9/h1-2,14H,3-4,11H2. The van der Waals surface area contributed by atoms with E-state index in [0.29, 0.717) is 28.8 Å². The summed E-state index contributed by atoms with van der Waals surface area (Å²) in [5, 5.41) is 13.5. The Bertz CT molecular complexity index is 567. The average Bonchev–Trinajstić information content (AvgIpc) is 2.97. The summed E-state index contributed by atoms with van der Waals surface area (Å²) in [6.45, 7) is 0.260. The molecule has 0 aliphatic carbocycles. The predicted octanol–water partition coefficient (Wildman–Crippen LogP) is 0.630. The van der Waals surface area contributed by atoms with Crippen molar-refractivity contribution in [3.8, 4) is 28.6 Å². The number of phenols is 1. The molecular formula is C10H9N3O4. The summed E-state index contributed by atoms with van der Waals surface area (Å²) in [5.41, 5.74) is 5.95. The fourth-order valence-corrected chi connectivity index (χ4v) is 1.58. The van der Waals surface area contributed by atoms with Gasteiger partial charge in [0.05, 0.1) is 6.54 Å². The van der Waals surface area contributed by atoms with Crippen molar-refractivity contribution in [2.75, 3.05) is 6.79 Å². The molecule has 0 fully saturated rings. The van der Waals surface area contributed by atoms with Gasteiger partial charge in [0.2, 0.25) is 24.3 Å². The number of rotatable bonds is 2. The largest absolute Gasteiger partial charge is 0.504 e. The van der Waals surface area contributed by atoms with Gasteiger partial charge in [0, 0.05) is 5.56 Å². The van der Waals surface area contributed by atoms with Crippen LogP contribution in [0.4, 0.5) is 0 Å². The molecule has 0 radical (unpaired) electrons. The number of benzene rings is 1. The Morgan fingerprint density at radius 3 is 3.00 bits per heavy atom. The number of fused-ring (bicyclic) bond motifs is 1. The summed E-state index contributed by atoms with van der Waals surface area (Å²) in [6, 6.07) is 3.16. The molecule has 1 aromatic carbocycles. The fraction of sp³-hybridized carbons (Fsp3) is 0.200.